The molecule has 0 aliphatic rings. The van der Waals surface area contributed by atoms with Gasteiger partial charge in [0.25, 0.3) is 0 Å². The summed E-state index contributed by atoms with van der Waals surface area (Å²) in [6.07, 6.45) is 0. The molecule has 0 atom stereocenters. The maximum absolute atomic E-state index is 10.9. The molecule has 0 saturated heterocycles. The average molecular weight is 270 g/mol. The third-order valence-electron chi connectivity index (χ3n) is 1.16. The van der Waals surface area contributed by atoms with Crippen LogP contribution in [0.15, 0.2) is 4.52 Å². The van der Waals surface area contributed by atoms with Crippen molar-refractivity contribution in [1.29, 1.82) is 0 Å². The molecule has 0 fully saturated rings. The van der Waals surface area contributed by atoms with Crippen LogP contribution in [0.25, 0.3) is 0 Å². The Morgan fingerprint density at radius 1 is 1.62 bits per heavy atom. The van der Waals surface area contributed by atoms with Crippen LogP contribution in [0.3, 0.4) is 0 Å². The highest BCUT2D eigenvalue weighted by atomic mass is 79.9. The maximum Gasteiger partial charge on any atom is 0.241 e. The van der Waals surface area contributed by atoms with E-state index in [1.807, 2.05) is 0 Å². The Labute approximate surface area is 83.9 Å². The summed E-state index contributed by atoms with van der Waals surface area (Å²) in [4.78, 5) is 3.83. The van der Waals surface area contributed by atoms with E-state index in [4.69, 9.17) is 4.52 Å². The Bertz CT molecular complexity index is 374. The Morgan fingerprint density at radius 3 is 2.77 bits per heavy atom. The van der Waals surface area contributed by atoms with Crippen LogP contribution in [0.4, 0.5) is 0 Å². The fraction of sp³-hybridized carbons (Fsp3) is 0.600. The largest absolute Gasteiger partial charge is 0.338 e. The van der Waals surface area contributed by atoms with Crippen LogP contribution in [0.2, 0.25) is 0 Å². The van der Waals surface area contributed by atoms with Crippen LogP contribution in [0, 0.1) is 6.92 Å². The van der Waals surface area contributed by atoms with Crippen LogP contribution in [0.1, 0.15) is 11.7 Å². The van der Waals surface area contributed by atoms with Gasteiger partial charge in [-0.25, -0.2) is 13.1 Å². The lowest BCUT2D eigenvalue weighted by molar-refractivity contribution is 0.372. The minimum atomic E-state index is -3.27. The normalized spacial score (nSPS) is 11.8. The zero-order chi connectivity index (χ0) is 9.90. The summed E-state index contributed by atoms with van der Waals surface area (Å²) in [6.45, 7) is 1.68. The minimum absolute atomic E-state index is 0.0226. The Hall–Kier alpha value is -0.470. The first-order valence-electron chi connectivity index (χ1n) is 3.36. The van der Waals surface area contributed by atoms with E-state index in [-0.39, 0.29) is 17.1 Å². The maximum atomic E-state index is 10.9. The summed E-state index contributed by atoms with van der Waals surface area (Å²) >= 11 is 2.83. The van der Waals surface area contributed by atoms with Gasteiger partial charge >= 0.3 is 0 Å². The highest BCUT2D eigenvalue weighted by Gasteiger charge is 2.09. The molecule has 0 aliphatic heterocycles. The molecule has 0 aliphatic carbocycles. The van der Waals surface area contributed by atoms with Crippen molar-refractivity contribution in [3.05, 3.63) is 11.7 Å². The van der Waals surface area contributed by atoms with Crippen molar-refractivity contribution < 1.29 is 12.9 Å². The smallest absolute Gasteiger partial charge is 0.241 e. The first-order chi connectivity index (χ1) is 6.03. The monoisotopic (exact) mass is 269 g/mol. The molecule has 6 nitrogen and oxygen atoms in total. The predicted octanol–water partition coefficient (Wildman–Crippen LogP) is 0.150. The minimum Gasteiger partial charge on any atom is -0.338 e. The molecule has 1 rings (SSSR count). The van der Waals surface area contributed by atoms with Crippen molar-refractivity contribution in [3.63, 3.8) is 0 Å². The summed E-state index contributed by atoms with van der Waals surface area (Å²) < 4.78 is 28.7. The van der Waals surface area contributed by atoms with Gasteiger partial charge in [0, 0.05) is 0 Å². The van der Waals surface area contributed by atoms with E-state index in [0.717, 1.165) is 0 Å². The zero-order valence-corrected chi connectivity index (χ0v) is 9.22. The average Bonchev–Trinajstić information content (AvgIpc) is 2.48. The number of alkyl halides is 1. The van der Waals surface area contributed by atoms with Gasteiger partial charge in [0.05, 0.1) is 6.54 Å². The Morgan fingerprint density at radius 2 is 2.31 bits per heavy atom. The highest BCUT2D eigenvalue weighted by Crippen LogP contribution is 1.97. The topological polar surface area (TPSA) is 85.1 Å². The highest BCUT2D eigenvalue weighted by molar-refractivity contribution is 9.10. The molecule has 0 radical (unpaired) electrons. The molecule has 0 amide bonds. The lowest BCUT2D eigenvalue weighted by Crippen LogP contribution is -2.23. The van der Waals surface area contributed by atoms with Crippen molar-refractivity contribution in [2.24, 2.45) is 0 Å². The summed E-state index contributed by atoms with van der Waals surface area (Å²) in [5, 5.41) is 3.51. The van der Waals surface area contributed by atoms with Crippen LogP contribution in [0.5, 0.6) is 0 Å². The summed E-state index contributed by atoms with van der Waals surface area (Å²) in [5.74, 6) is 0.732. The van der Waals surface area contributed by atoms with E-state index in [0.29, 0.717) is 5.82 Å². The van der Waals surface area contributed by atoms with Gasteiger partial charge in [-0.15, -0.1) is 0 Å². The van der Waals surface area contributed by atoms with E-state index in [1.54, 1.807) is 6.92 Å². The molecule has 1 aromatic rings. The molecule has 1 N–H and O–H groups in total. The van der Waals surface area contributed by atoms with E-state index in [1.165, 1.54) is 0 Å². The van der Waals surface area contributed by atoms with Gasteiger partial charge in [-0.05, 0) is 6.92 Å². The molecule has 0 aromatic carbocycles. The molecule has 0 unspecified atom stereocenters. The van der Waals surface area contributed by atoms with Gasteiger partial charge in [-0.2, -0.15) is 4.98 Å². The van der Waals surface area contributed by atoms with Crippen molar-refractivity contribution in [3.8, 4) is 0 Å². The molecule has 74 valence electrons. The predicted molar refractivity (Wildman–Crippen MR) is 48.6 cm³/mol. The first-order valence-corrected chi connectivity index (χ1v) is 6.13. The fourth-order valence-electron chi connectivity index (χ4n) is 0.622. The third-order valence-corrected chi connectivity index (χ3v) is 3.84. The first kappa shape index (κ1) is 10.6. The molecule has 0 spiro atoms. The quantitative estimate of drug-likeness (QED) is 0.787. The van der Waals surface area contributed by atoms with Crippen molar-refractivity contribution in [1.82, 2.24) is 14.9 Å². The SMILES string of the molecule is Cc1noc(CNS(=O)(=O)CBr)n1. The van der Waals surface area contributed by atoms with Gasteiger partial charge < -0.3 is 4.52 Å². The molecular formula is C5H8BrN3O3S. The Kier molecular flexibility index (Phi) is 3.40. The van der Waals surface area contributed by atoms with Crippen molar-refractivity contribution in [2.75, 3.05) is 4.66 Å². The third kappa shape index (κ3) is 3.41. The number of aromatic nitrogens is 2. The number of nitrogens with zero attached hydrogens (tertiary/aromatic N) is 2. The Balaban J connectivity index is 2.53. The molecule has 13 heavy (non-hydrogen) atoms. The number of rotatable bonds is 4. The number of hydrogen-bond acceptors (Lipinski definition) is 5. The standard InChI is InChI=1S/C5H8BrN3O3S/c1-4-8-5(12-9-4)2-7-13(10,11)3-6/h7H,2-3H2,1H3. The summed E-state index contributed by atoms with van der Waals surface area (Å²) in [7, 11) is -3.27. The van der Waals surface area contributed by atoms with Crippen LogP contribution >= 0.6 is 15.9 Å². The van der Waals surface area contributed by atoms with Gasteiger partial charge in [0.2, 0.25) is 15.9 Å². The number of hydrogen-bond donors (Lipinski definition) is 1. The fourth-order valence-corrected chi connectivity index (χ4v) is 1.53. The van der Waals surface area contributed by atoms with Gasteiger partial charge in [-0.1, -0.05) is 21.1 Å². The van der Waals surface area contributed by atoms with Gasteiger partial charge in [-0.3, -0.25) is 0 Å². The van der Waals surface area contributed by atoms with Gasteiger partial charge in [0.1, 0.15) is 4.66 Å². The number of halogens is 1. The molecule has 8 heteroatoms. The lowest BCUT2D eigenvalue weighted by atomic mass is 10.6. The van der Waals surface area contributed by atoms with E-state index >= 15 is 0 Å². The van der Waals surface area contributed by atoms with Crippen molar-refractivity contribution in [2.45, 2.75) is 13.5 Å². The number of sulfonamides is 1. The second kappa shape index (κ2) is 4.16. The number of nitrogens with one attached hydrogen (secondary N) is 1. The lowest BCUT2D eigenvalue weighted by Gasteiger charge is -1.98. The van der Waals surface area contributed by atoms with Crippen LogP contribution in [-0.2, 0) is 16.6 Å². The van der Waals surface area contributed by atoms with Crippen LogP contribution < -0.4 is 4.72 Å². The van der Waals surface area contributed by atoms with Crippen LogP contribution in [-0.4, -0.2) is 23.2 Å². The molecular weight excluding hydrogens is 262 g/mol. The van der Waals surface area contributed by atoms with E-state index in [9.17, 15) is 8.42 Å². The zero-order valence-electron chi connectivity index (χ0n) is 6.82. The molecule has 0 saturated carbocycles. The molecule has 1 aromatic heterocycles. The van der Waals surface area contributed by atoms with E-state index < -0.39 is 10.0 Å². The second-order valence-electron chi connectivity index (χ2n) is 2.28. The summed E-state index contributed by atoms with van der Waals surface area (Å²) in [5.41, 5.74) is 0. The molecule has 0 bridgehead atoms. The number of aryl methyl sites for hydroxylation is 1. The molecule has 1 heterocycles. The summed E-state index contributed by atoms with van der Waals surface area (Å²) in [6, 6.07) is 0. The van der Waals surface area contributed by atoms with E-state index in [2.05, 4.69) is 30.8 Å². The second-order valence-corrected chi connectivity index (χ2v) is 5.39. The van der Waals surface area contributed by atoms with Gasteiger partial charge in [0.15, 0.2) is 5.82 Å². The van der Waals surface area contributed by atoms with Crippen molar-refractivity contribution >= 4 is 26.0 Å².